The summed E-state index contributed by atoms with van der Waals surface area (Å²) < 4.78 is 1.49. The highest BCUT2D eigenvalue weighted by Gasteiger charge is 2.06. The van der Waals surface area contributed by atoms with Crippen LogP contribution in [-0.2, 0) is 11.3 Å². The second-order valence-corrected chi connectivity index (χ2v) is 3.45. The van der Waals surface area contributed by atoms with Crippen molar-refractivity contribution in [2.24, 2.45) is 0 Å². The topological polar surface area (TPSA) is 64.0 Å². The second kappa shape index (κ2) is 5.07. The molecule has 86 valence electrons. The lowest BCUT2D eigenvalue weighted by molar-refractivity contribution is -0.116. The zero-order chi connectivity index (χ0) is 12.1. The number of imidazole rings is 1. The Morgan fingerprint density at radius 1 is 1.35 bits per heavy atom. The van der Waals surface area contributed by atoms with Gasteiger partial charge in [0.1, 0.15) is 6.54 Å². The van der Waals surface area contributed by atoms with E-state index >= 15 is 0 Å². The number of hydrogen-bond acceptors (Lipinski definition) is 3. The van der Waals surface area contributed by atoms with E-state index in [2.05, 4.69) is 10.3 Å². The van der Waals surface area contributed by atoms with Crippen LogP contribution in [0, 0.1) is 0 Å². The number of carbonyl (C=O) groups is 2. The maximum absolute atomic E-state index is 11.7. The van der Waals surface area contributed by atoms with Crippen LogP contribution in [0.5, 0.6) is 0 Å². The summed E-state index contributed by atoms with van der Waals surface area (Å²) in [6.07, 6.45) is 3.70. The molecule has 0 radical (unpaired) electrons. The standard InChI is InChI=1S/C12H11N3O2/c16-9-11-13-6-7-15(11)8-12(17)14-10-4-2-1-3-5-10/h1-7,9H,8H2,(H,14,17). The number of amides is 1. The second-order valence-electron chi connectivity index (χ2n) is 3.45. The monoisotopic (exact) mass is 229 g/mol. The van der Waals surface area contributed by atoms with Gasteiger partial charge in [-0.15, -0.1) is 0 Å². The average molecular weight is 229 g/mol. The third-order valence-electron chi connectivity index (χ3n) is 2.22. The van der Waals surface area contributed by atoms with Crippen LogP contribution in [0.1, 0.15) is 10.6 Å². The largest absolute Gasteiger partial charge is 0.325 e. The molecule has 1 heterocycles. The molecule has 0 saturated carbocycles. The maximum atomic E-state index is 11.7. The zero-order valence-electron chi connectivity index (χ0n) is 9.04. The van der Waals surface area contributed by atoms with Crippen LogP contribution in [0.3, 0.4) is 0 Å². The van der Waals surface area contributed by atoms with Gasteiger partial charge in [-0.25, -0.2) is 4.98 Å². The minimum Gasteiger partial charge on any atom is -0.325 e. The van der Waals surface area contributed by atoms with Gasteiger partial charge in [-0.05, 0) is 12.1 Å². The molecule has 1 aromatic heterocycles. The molecule has 5 heteroatoms. The molecule has 0 unspecified atom stereocenters. The van der Waals surface area contributed by atoms with Gasteiger partial charge >= 0.3 is 0 Å². The van der Waals surface area contributed by atoms with Gasteiger partial charge in [0.05, 0.1) is 0 Å². The summed E-state index contributed by atoms with van der Waals surface area (Å²) in [7, 11) is 0. The minimum atomic E-state index is -0.197. The predicted molar refractivity (Wildman–Crippen MR) is 62.7 cm³/mol. The number of nitrogens with zero attached hydrogens (tertiary/aromatic N) is 2. The van der Waals surface area contributed by atoms with Crippen molar-refractivity contribution in [3.63, 3.8) is 0 Å². The first-order valence-corrected chi connectivity index (χ1v) is 5.11. The molecule has 0 bridgehead atoms. The third kappa shape index (κ3) is 2.78. The highest BCUT2D eigenvalue weighted by atomic mass is 16.2. The lowest BCUT2D eigenvalue weighted by Gasteiger charge is -2.06. The van der Waals surface area contributed by atoms with Crippen molar-refractivity contribution < 1.29 is 9.59 Å². The van der Waals surface area contributed by atoms with E-state index in [4.69, 9.17) is 0 Å². The van der Waals surface area contributed by atoms with E-state index in [1.165, 1.54) is 10.8 Å². The Labute approximate surface area is 98.1 Å². The van der Waals surface area contributed by atoms with Gasteiger partial charge < -0.3 is 9.88 Å². The fourth-order valence-corrected chi connectivity index (χ4v) is 1.45. The molecule has 0 aliphatic rings. The number of aldehydes is 1. The van der Waals surface area contributed by atoms with Crippen LogP contribution in [0.2, 0.25) is 0 Å². The summed E-state index contributed by atoms with van der Waals surface area (Å²) in [5.74, 6) is 0.0468. The molecular weight excluding hydrogens is 218 g/mol. The van der Waals surface area contributed by atoms with Crippen LogP contribution in [0.15, 0.2) is 42.7 Å². The average Bonchev–Trinajstić information content (AvgIpc) is 2.77. The van der Waals surface area contributed by atoms with E-state index in [1.807, 2.05) is 18.2 Å². The van der Waals surface area contributed by atoms with Crippen LogP contribution >= 0.6 is 0 Å². The lowest BCUT2D eigenvalue weighted by atomic mass is 10.3. The smallest absolute Gasteiger partial charge is 0.244 e. The molecule has 0 aliphatic heterocycles. The molecule has 1 aromatic carbocycles. The number of benzene rings is 1. The van der Waals surface area contributed by atoms with Crippen LogP contribution < -0.4 is 5.32 Å². The zero-order valence-corrected chi connectivity index (χ0v) is 9.04. The first-order valence-electron chi connectivity index (χ1n) is 5.11. The summed E-state index contributed by atoms with van der Waals surface area (Å²) in [5.41, 5.74) is 0.727. The number of aromatic nitrogens is 2. The molecule has 1 N–H and O–H groups in total. The molecule has 0 saturated heterocycles. The Kier molecular flexibility index (Phi) is 3.30. The number of hydrogen-bond donors (Lipinski definition) is 1. The molecule has 2 rings (SSSR count). The molecule has 2 aromatic rings. The molecule has 1 amide bonds. The Morgan fingerprint density at radius 2 is 2.12 bits per heavy atom. The van der Waals surface area contributed by atoms with Crippen LogP contribution in [0.4, 0.5) is 5.69 Å². The predicted octanol–water partition coefficient (Wildman–Crippen LogP) is 1.33. The molecule has 17 heavy (non-hydrogen) atoms. The molecular formula is C12H11N3O2. The highest BCUT2D eigenvalue weighted by molar-refractivity contribution is 5.90. The summed E-state index contributed by atoms with van der Waals surface area (Å²) in [4.78, 5) is 26.1. The van der Waals surface area contributed by atoms with Gasteiger partial charge in [0.25, 0.3) is 0 Å². The van der Waals surface area contributed by atoms with E-state index in [0.717, 1.165) is 5.69 Å². The van der Waals surface area contributed by atoms with Gasteiger partial charge in [0, 0.05) is 18.1 Å². The van der Waals surface area contributed by atoms with Gasteiger partial charge in [0.15, 0.2) is 12.1 Å². The Hall–Kier alpha value is -2.43. The van der Waals surface area contributed by atoms with E-state index in [-0.39, 0.29) is 18.3 Å². The van der Waals surface area contributed by atoms with Crippen molar-refractivity contribution >= 4 is 17.9 Å². The Morgan fingerprint density at radius 3 is 2.82 bits per heavy atom. The van der Waals surface area contributed by atoms with Crippen molar-refractivity contribution in [1.82, 2.24) is 9.55 Å². The fraction of sp³-hybridized carbons (Fsp3) is 0.0833. The summed E-state index contributed by atoms with van der Waals surface area (Å²) in [6, 6.07) is 9.14. The summed E-state index contributed by atoms with van der Waals surface area (Å²) in [5, 5.41) is 2.73. The number of para-hydroxylation sites is 1. The van der Waals surface area contributed by atoms with E-state index < -0.39 is 0 Å². The van der Waals surface area contributed by atoms with Crippen LogP contribution in [-0.4, -0.2) is 21.7 Å². The van der Waals surface area contributed by atoms with Gasteiger partial charge in [-0.1, -0.05) is 18.2 Å². The van der Waals surface area contributed by atoms with Crippen molar-refractivity contribution in [3.8, 4) is 0 Å². The Balaban J connectivity index is 2.01. The van der Waals surface area contributed by atoms with Crippen LogP contribution in [0.25, 0.3) is 0 Å². The first kappa shape index (κ1) is 11.1. The highest BCUT2D eigenvalue weighted by Crippen LogP contribution is 2.05. The maximum Gasteiger partial charge on any atom is 0.244 e. The first-order chi connectivity index (χ1) is 8.29. The molecule has 0 atom stereocenters. The SMILES string of the molecule is O=Cc1nccn1CC(=O)Nc1ccccc1. The van der Waals surface area contributed by atoms with E-state index in [1.54, 1.807) is 18.3 Å². The quantitative estimate of drug-likeness (QED) is 0.804. The summed E-state index contributed by atoms with van der Waals surface area (Å²) in [6.45, 7) is 0.0724. The van der Waals surface area contributed by atoms with Crippen molar-refractivity contribution in [2.45, 2.75) is 6.54 Å². The van der Waals surface area contributed by atoms with E-state index in [0.29, 0.717) is 6.29 Å². The van der Waals surface area contributed by atoms with Crippen molar-refractivity contribution in [2.75, 3.05) is 5.32 Å². The Bertz CT molecular complexity index is 520. The van der Waals surface area contributed by atoms with Crippen molar-refractivity contribution in [3.05, 3.63) is 48.5 Å². The number of nitrogens with one attached hydrogen (secondary N) is 1. The summed E-state index contributed by atoms with van der Waals surface area (Å²) >= 11 is 0. The number of anilines is 1. The third-order valence-corrected chi connectivity index (χ3v) is 2.22. The minimum absolute atomic E-state index is 0.0724. The van der Waals surface area contributed by atoms with Gasteiger partial charge in [-0.2, -0.15) is 0 Å². The molecule has 5 nitrogen and oxygen atoms in total. The van der Waals surface area contributed by atoms with Gasteiger partial charge in [-0.3, -0.25) is 9.59 Å². The number of carbonyl (C=O) groups excluding carboxylic acids is 2. The fourth-order valence-electron chi connectivity index (χ4n) is 1.45. The molecule has 0 aliphatic carbocycles. The van der Waals surface area contributed by atoms with Crippen molar-refractivity contribution in [1.29, 1.82) is 0 Å². The molecule has 0 spiro atoms. The molecule has 0 fully saturated rings. The number of rotatable bonds is 4. The van der Waals surface area contributed by atoms with E-state index in [9.17, 15) is 9.59 Å². The lowest BCUT2D eigenvalue weighted by Crippen LogP contribution is -2.19. The normalized spacial score (nSPS) is 9.88. The van der Waals surface area contributed by atoms with Gasteiger partial charge in [0.2, 0.25) is 5.91 Å².